The van der Waals surface area contributed by atoms with Gasteiger partial charge in [0.15, 0.2) is 0 Å². The van der Waals surface area contributed by atoms with Gasteiger partial charge < -0.3 is 10.6 Å². The van der Waals surface area contributed by atoms with E-state index in [1.54, 1.807) is 12.1 Å². The average molecular weight is 368 g/mol. The number of hydrogen-bond acceptors (Lipinski definition) is 5. The number of nitrogens with one attached hydrogen (secondary N) is 2. The number of hydrogen-bond donors (Lipinski definition) is 2. The third kappa shape index (κ3) is 4.92. The molecule has 0 atom stereocenters. The fourth-order valence-corrected chi connectivity index (χ4v) is 5.22. The number of likely N-dealkylation sites (N-methyl/N-ethyl adjacent to an activating group) is 1. The maximum atomic E-state index is 12.4. The number of rotatable bonds is 7. The molecule has 22 heavy (non-hydrogen) atoms. The highest BCUT2D eigenvalue weighted by molar-refractivity contribution is 7.91. The van der Waals surface area contributed by atoms with Crippen molar-refractivity contribution in [2.75, 3.05) is 33.2 Å². The van der Waals surface area contributed by atoms with Gasteiger partial charge in [-0.25, -0.2) is 8.42 Å². The molecule has 0 bridgehead atoms. The first kappa shape index (κ1) is 19.4. The minimum Gasteiger partial charge on any atom is -0.355 e. The minimum atomic E-state index is -3.36. The van der Waals surface area contributed by atoms with Crippen molar-refractivity contribution < 1.29 is 13.2 Å². The normalized spacial score (nSPS) is 15.5. The molecular weight excluding hydrogens is 346 g/mol. The Morgan fingerprint density at radius 1 is 1.27 bits per heavy atom. The van der Waals surface area contributed by atoms with Gasteiger partial charge in [-0.15, -0.1) is 23.7 Å². The van der Waals surface area contributed by atoms with Gasteiger partial charge in [-0.2, -0.15) is 4.31 Å². The molecule has 1 aromatic heterocycles. The molecule has 1 saturated heterocycles. The predicted molar refractivity (Wildman–Crippen MR) is 90.2 cm³/mol. The topological polar surface area (TPSA) is 78.5 Å². The molecule has 6 nitrogen and oxygen atoms in total. The monoisotopic (exact) mass is 367 g/mol. The zero-order valence-corrected chi connectivity index (χ0v) is 15.0. The number of carbonyl (C=O) groups is 1. The quantitative estimate of drug-likeness (QED) is 0.700. The van der Waals surface area contributed by atoms with Crippen LogP contribution in [0.4, 0.5) is 0 Å². The molecule has 0 saturated carbocycles. The zero-order chi connectivity index (χ0) is 15.3. The van der Waals surface area contributed by atoms with Crippen molar-refractivity contribution >= 4 is 39.7 Å². The summed E-state index contributed by atoms with van der Waals surface area (Å²) in [6.45, 7) is 2.48. The molecule has 1 aliphatic heterocycles. The van der Waals surface area contributed by atoms with Gasteiger partial charge in [-0.3, -0.25) is 4.79 Å². The second kappa shape index (κ2) is 8.83. The van der Waals surface area contributed by atoms with Crippen LogP contribution in [-0.2, 0) is 21.2 Å². The standard InChI is InChI=1S/C13H21N3O3S2.ClH/c1-14-6-7-15-12(17)10-11-4-5-13(20-11)21(18,19)16-8-2-3-9-16;/h4-5,14H,2-3,6-10H2,1H3,(H,15,17);1H. The highest BCUT2D eigenvalue weighted by Gasteiger charge is 2.28. The van der Waals surface area contributed by atoms with E-state index in [9.17, 15) is 13.2 Å². The highest BCUT2D eigenvalue weighted by atomic mass is 35.5. The van der Waals surface area contributed by atoms with Crippen molar-refractivity contribution in [1.82, 2.24) is 14.9 Å². The van der Waals surface area contributed by atoms with E-state index in [2.05, 4.69) is 10.6 Å². The first-order valence-electron chi connectivity index (χ1n) is 7.04. The molecule has 2 heterocycles. The third-order valence-corrected chi connectivity index (χ3v) is 6.78. The summed E-state index contributed by atoms with van der Waals surface area (Å²) in [5.74, 6) is -0.0859. The van der Waals surface area contributed by atoms with E-state index in [1.807, 2.05) is 7.05 Å². The van der Waals surface area contributed by atoms with Crippen LogP contribution >= 0.6 is 23.7 Å². The van der Waals surface area contributed by atoms with Crippen molar-refractivity contribution in [2.24, 2.45) is 0 Å². The number of nitrogens with zero attached hydrogens (tertiary/aromatic N) is 1. The van der Waals surface area contributed by atoms with Crippen molar-refractivity contribution in [1.29, 1.82) is 0 Å². The maximum Gasteiger partial charge on any atom is 0.252 e. The van der Waals surface area contributed by atoms with E-state index in [4.69, 9.17) is 0 Å². The van der Waals surface area contributed by atoms with Crippen LogP contribution in [0.3, 0.4) is 0 Å². The van der Waals surface area contributed by atoms with E-state index in [1.165, 1.54) is 15.6 Å². The summed E-state index contributed by atoms with van der Waals surface area (Å²) in [6, 6.07) is 3.33. The van der Waals surface area contributed by atoms with Crippen LogP contribution in [0.5, 0.6) is 0 Å². The summed E-state index contributed by atoms with van der Waals surface area (Å²) in [5, 5.41) is 5.73. The summed E-state index contributed by atoms with van der Waals surface area (Å²) in [6.07, 6.45) is 2.07. The number of thiophene rings is 1. The molecular formula is C13H22ClN3O3S2. The van der Waals surface area contributed by atoms with Crippen LogP contribution in [-0.4, -0.2) is 51.9 Å². The van der Waals surface area contributed by atoms with Crippen LogP contribution in [0.15, 0.2) is 16.3 Å². The van der Waals surface area contributed by atoms with Gasteiger partial charge in [0.2, 0.25) is 5.91 Å². The van der Waals surface area contributed by atoms with Gasteiger partial charge in [-0.05, 0) is 32.0 Å². The molecule has 1 aliphatic rings. The highest BCUT2D eigenvalue weighted by Crippen LogP contribution is 2.27. The fraction of sp³-hybridized carbons (Fsp3) is 0.615. The van der Waals surface area contributed by atoms with Crippen LogP contribution in [0.25, 0.3) is 0 Å². The third-order valence-electron chi connectivity index (χ3n) is 3.33. The van der Waals surface area contributed by atoms with E-state index in [0.29, 0.717) is 30.4 Å². The first-order chi connectivity index (χ1) is 10.0. The molecule has 0 radical (unpaired) electrons. The van der Waals surface area contributed by atoms with Gasteiger partial charge in [0, 0.05) is 31.1 Å². The second-order valence-electron chi connectivity index (χ2n) is 4.96. The van der Waals surface area contributed by atoms with Crippen LogP contribution < -0.4 is 10.6 Å². The molecule has 9 heteroatoms. The Balaban J connectivity index is 0.00000242. The Kier molecular flexibility index (Phi) is 7.78. The SMILES string of the molecule is CNCCNC(=O)Cc1ccc(S(=O)(=O)N2CCCC2)s1.Cl. The molecule has 2 rings (SSSR count). The average Bonchev–Trinajstić information content (AvgIpc) is 3.10. The van der Waals surface area contributed by atoms with E-state index >= 15 is 0 Å². The van der Waals surface area contributed by atoms with Crippen molar-refractivity contribution in [2.45, 2.75) is 23.5 Å². The molecule has 1 amide bonds. The molecule has 0 unspecified atom stereocenters. The lowest BCUT2D eigenvalue weighted by atomic mass is 10.3. The molecule has 1 aromatic rings. The van der Waals surface area contributed by atoms with Gasteiger partial charge in [0.1, 0.15) is 4.21 Å². The lowest BCUT2D eigenvalue weighted by molar-refractivity contribution is -0.120. The minimum absolute atomic E-state index is 0. The summed E-state index contributed by atoms with van der Waals surface area (Å²) in [4.78, 5) is 12.5. The van der Waals surface area contributed by atoms with Crippen molar-refractivity contribution in [3.05, 3.63) is 17.0 Å². The van der Waals surface area contributed by atoms with E-state index in [-0.39, 0.29) is 24.7 Å². The Bertz CT molecular complexity index is 583. The molecule has 0 spiro atoms. The van der Waals surface area contributed by atoms with Crippen LogP contribution in [0.1, 0.15) is 17.7 Å². The summed E-state index contributed by atoms with van der Waals surface area (Å²) < 4.78 is 26.6. The van der Waals surface area contributed by atoms with Crippen molar-refractivity contribution in [3.63, 3.8) is 0 Å². The van der Waals surface area contributed by atoms with Gasteiger partial charge >= 0.3 is 0 Å². The van der Waals surface area contributed by atoms with Gasteiger partial charge in [0.05, 0.1) is 6.42 Å². The molecule has 1 fully saturated rings. The molecule has 0 aliphatic carbocycles. The Hall–Kier alpha value is -0.670. The predicted octanol–water partition coefficient (Wildman–Crippen LogP) is 0.833. The Morgan fingerprint density at radius 2 is 1.95 bits per heavy atom. The Morgan fingerprint density at radius 3 is 2.59 bits per heavy atom. The first-order valence-corrected chi connectivity index (χ1v) is 9.30. The number of amides is 1. The van der Waals surface area contributed by atoms with E-state index < -0.39 is 10.0 Å². The van der Waals surface area contributed by atoms with Gasteiger partial charge in [0.25, 0.3) is 10.0 Å². The molecule has 126 valence electrons. The summed E-state index contributed by atoms with van der Waals surface area (Å²) in [7, 11) is -1.54. The van der Waals surface area contributed by atoms with Gasteiger partial charge in [-0.1, -0.05) is 0 Å². The lowest BCUT2D eigenvalue weighted by Gasteiger charge is -2.13. The van der Waals surface area contributed by atoms with Crippen molar-refractivity contribution in [3.8, 4) is 0 Å². The van der Waals surface area contributed by atoms with Crippen LogP contribution in [0, 0.1) is 0 Å². The number of sulfonamides is 1. The Labute approximate surface area is 141 Å². The number of carbonyl (C=O) groups excluding carboxylic acids is 1. The zero-order valence-electron chi connectivity index (χ0n) is 12.5. The summed E-state index contributed by atoms with van der Waals surface area (Å²) >= 11 is 1.19. The second-order valence-corrected chi connectivity index (χ2v) is 8.30. The largest absolute Gasteiger partial charge is 0.355 e. The summed E-state index contributed by atoms with van der Waals surface area (Å²) in [5.41, 5.74) is 0. The number of halogens is 1. The lowest BCUT2D eigenvalue weighted by Crippen LogP contribution is -2.31. The van der Waals surface area contributed by atoms with E-state index in [0.717, 1.165) is 17.7 Å². The molecule has 0 aromatic carbocycles. The maximum absolute atomic E-state index is 12.4. The fourth-order valence-electron chi connectivity index (χ4n) is 2.20. The van der Waals surface area contributed by atoms with Crippen LogP contribution in [0.2, 0.25) is 0 Å². The molecule has 2 N–H and O–H groups in total. The smallest absolute Gasteiger partial charge is 0.252 e.